The van der Waals surface area contributed by atoms with Crippen molar-refractivity contribution in [2.24, 2.45) is 0 Å². The zero-order chi connectivity index (χ0) is 15.7. The molecule has 0 aliphatic carbocycles. The standard InChI is InChI=1S/C15H10ClN3O3/c16-12-7-9(5-6-17-12)18-13(20)8-19-14(21)10-3-1-2-4-11(10)15(19)22/h1-7H,8H2,(H,17,18,20). The molecular formula is C15H10ClN3O3. The van der Waals surface area contributed by atoms with Crippen molar-refractivity contribution >= 4 is 35.0 Å². The van der Waals surface area contributed by atoms with Gasteiger partial charge >= 0.3 is 0 Å². The van der Waals surface area contributed by atoms with E-state index in [0.717, 1.165) is 4.90 Å². The minimum atomic E-state index is -0.489. The van der Waals surface area contributed by atoms with Crippen LogP contribution in [0.5, 0.6) is 0 Å². The number of carbonyl (C=O) groups is 3. The number of aromatic nitrogens is 1. The molecule has 110 valence electrons. The van der Waals surface area contributed by atoms with Gasteiger partial charge in [0, 0.05) is 11.9 Å². The lowest BCUT2D eigenvalue weighted by Crippen LogP contribution is -2.37. The number of halogens is 1. The lowest BCUT2D eigenvalue weighted by atomic mass is 10.1. The Kier molecular flexibility index (Phi) is 3.60. The fourth-order valence-electron chi connectivity index (χ4n) is 2.21. The van der Waals surface area contributed by atoms with Gasteiger partial charge in [0.25, 0.3) is 11.8 Å². The summed E-state index contributed by atoms with van der Waals surface area (Å²) in [7, 11) is 0. The summed E-state index contributed by atoms with van der Waals surface area (Å²) in [6.45, 7) is -0.355. The lowest BCUT2D eigenvalue weighted by molar-refractivity contribution is -0.116. The first-order chi connectivity index (χ1) is 10.6. The highest BCUT2D eigenvalue weighted by atomic mass is 35.5. The van der Waals surface area contributed by atoms with E-state index in [-0.39, 0.29) is 11.7 Å². The van der Waals surface area contributed by atoms with Crippen LogP contribution in [0.4, 0.5) is 5.69 Å². The molecule has 22 heavy (non-hydrogen) atoms. The van der Waals surface area contributed by atoms with Crippen LogP contribution in [0, 0.1) is 0 Å². The maximum atomic E-state index is 12.1. The second-order valence-electron chi connectivity index (χ2n) is 4.66. The third-order valence-electron chi connectivity index (χ3n) is 3.19. The summed E-state index contributed by atoms with van der Waals surface area (Å²) < 4.78 is 0. The van der Waals surface area contributed by atoms with Crippen LogP contribution in [0.2, 0.25) is 5.15 Å². The molecule has 0 spiro atoms. The second-order valence-corrected chi connectivity index (χ2v) is 5.04. The first kappa shape index (κ1) is 14.2. The Labute approximate surface area is 130 Å². The van der Waals surface area contributed by atoms with Crippen LogP contribution < -0.4 is 5.32 Å². The van der Waals surface area contributed by atoms with E-state index in [9.17, 15) is 14.4 Å². The maximum Gasteiger partial charge on any atom is 0.262 e. The number of rotatable bonds is 3. The van der Waals surface area contributed by atoms with E-state index in [2.05, 4.69) is 10.3 Å². The van der Waals surface area contributed by atoms with Crippen LogP contribution in [-0.4, -0.2) is 34.2 Å². The van der Waals surface area contributed by atoms with Crippen molar-refractivity contribution in [2.45, 2.75) is 0 Å². The molecule has 0 unspecified atom stereocenters. The van der Waals surface area contributed by atoms with Gasteiger partial charge in [-0.05, 0) is 24.3 Å². The third kappa shape index (κ3) is 2.56. The molecule has 1 aliphatic rings. The summed E-state index contributed by atoms with van der Waals surface area (Å²) in [4.78, 5) is 41.0. The highest BCUT2D eigenvalue weighted by Gasteiger charge is 2.36. The van der Waals surface area contributed by atoms with Gasteiger partial charge in [0.15, 0.2) is 0 Å². The largest absolute Gasteiger partial charge is 0.324 e. The Morgan fingerprint density at radius 2 is 1.77 bits per heavy atom. The monoisotopic (exact) mass is 315 g/mol. The number of amides is 3. The molecule has 2 aromatic rings. The minimum Gasteiger partial charge on any atom is -0.324 e. The van der Waals surface area contributed by atoms with E-state index in [1.165, 1.54) is 12.3 Å². The smallest absolute Gasteiger partial charge is 0.262 e. The molecule has 6 nitrogen and oxygen atoms in total. The van der Waals surface area contributed by atoms with Crippen LogP contribution in [0.3, 0.4) is 0 Å². The number of anilines is 1. The van der Waals surface area contributed by atoms with Crippen molar-refractivity contribution < 1.29 is 14.4 Å². The van der Waals surface area contributed by atoms with E-state index >= 15 is 0 Å². The van der Waals surface area contributed by atoms with Crippen LogP contribution in [0.25, 0.3) is 0 Å². The van der Waals surface area contributed by atoms with Gasteiger partial charge in [-0.1, -0.05) is 23.7 Å². The van der Waals surface area contributed by atoms with Gasteiger partial charge in [-0.15, -0.1) is 0 Å². The first-order valence-electron chi connectivity index (χ1n) is 6.43. The Hall–Kier alpha value is -2.73. The Bertz CT molecular complexity index is 756. The molecule has 0 fully saturated rings. The molecule has 0 radical (unpaired) electrons. The Morgan fingerprint density at radius 3 is 2.36 bits per heavy atom. The summed E-state index contributed by atoms with van der Waals surface area (Å²) in [5.41, 5.74) is 1.07. The highest BCUT2D eigenvalue weighted by molar-refractivity contribution is 6.29. The summed E-state index contributed by atoms with van der Waals surface area (Å²) >= 11 is 5.72. The van der Waals surface area contributed by atoms with Crippen molar-refractivity contribution in [3.8, 4) is 0 Å². The van der Waals surface area contributed by atoms with Crippen LogP contribution in [0.1, 0.15) is 20.7 Å². The van der Waals surface area contributed by atoms with Gasteiger partial charge in [-0.3, -0.25) is 19.3 Å². The van der Waals surface area contributed by atoms with Gasteiger partial charge < -0.3 is 5.32 Å². The van der Waals surface area contributed by atoms with Crippen molar-refractivity contribution in [1.29, 1.82) is 0 Å². The van der Waals surface area contributed by atoms with Crippen LogP contribution >= 0.6 is 11.6 Å². The second kappa shape index (κ2) is 5.57. The predicted molar refractivity (Wildman–Crippen MR) is 79.7 cm³/mol. The maximum absolute atomic E-state index is 12.1. The van der Waals surface area contributed by atoms with E-state index in [1.807, 2.05) is 0 Å². The summed E-state index contributed by atoms with van der Waals surface area (Å²) in [5, 5.41) is 2.80. The molecule has 1 aromatic heterocycles. The van der Waals surface area contributed by atoms with Gasteiger partial charge in [0.2, 0.25) is 5.91 Å². The zero-order valence-electron chi connectivity index (χ0n) is 11.2. The molecule has 2 heterocycles. The SMILES string of the molecule is O=C(CN1C(=O)c2ccccc2C1=O)Nc1ccnc(Cl)c1. The molecule has 0 bridgehead atoms. The number of fused-ring (bicyclic) bond motifs is 1. The topological polar surface area (TPSA) is 79.4 Å². The highest BCUT2D eigenvalue weighted by Crippen LogP contribution is 2.22. The number of benzene rings is 1. The molecule has 7 heteroatoms. The third-order valence-corrected chi connectivity index (χ3v) is 3.40. The number of carbonyl (C=O) groups excluding carboxylic acids is 3. The summed E-state index contributed by atoms with van der Waals surface area (Å²) in [6, 6.07) is 9.51. The Balaban J connectivity index is 1.73. The van der Waals surface area contributed by atoms with Gasteiger partial charge in [-0.2, -0.15) is 0 Å². The molecule has 1 aliphatic heterocycles. The fraction of sp³-hybridized carbons (Fsp3) is 0.0667. The molecule has 3 rings (SSSR count). The predicted octanol–water partition coefficient (Wildman–Crippen LogP) is 1.97. The molecular weight excluding hydrogens is 306 g/mol. The van der Waals surface area contributed by atoms with Crippen molar-refractivity contribution in [3.05, 3.63) is 58.9 Å². The van der Waals surface area contributed by atoms with Crippen molar-refractivity contribution in [1.82, 2.24) is 9.88 Å². The molecule has 0 saturated heterocycles. The summed E-state index contributed by atoms with van der Waals surface area (Å²) in [6.07, 6.45) is 1.44. The molecule has 3 amide bonds. The number of hydrogen-bond donors (Lipinski definition) is 1. The lowest BCUT2D eigenvalue weighted by Gasteiger charge is -2.13. The average molecular weight is 316 g/mol. The van der Waals surface area contributed by atoms with Gasteiger partial charge in [0.05, 0.1) is 11.1 Å². The molecule has 0 atom stereocenters. The number of nitrogens with zero attached hydrogens (tertiary/aromatic N) is 2. The van der Waals surface area contributed by atoms with Crippen LogP contribution in [0.15, 0.2) is 42.6 Å². The van der Waals surface area contributed by atoms with Gasteiger partial charge in [0.1, 0.15) is 11.7 Å². The summed E-state index contributed by atoms with van der Waals surface area (Å²) in [5.74, 6) is -1.43. The first-order valence-corrected chi connectivity index (χ1v) is 6.80. The minimum absolute atomic E-state index is 0.235. The average Bonchev–Trinajstić information content (AvgIpc) is 2.73. The van der Waals surface area contributed by atoms with Crippen molar-refractivity contribution in [3.63, 3.8) is 0 Å². The van der Waals surface area contributed by atoms with E-state index in [1.54, 1.807) is 30.3 Å². The normalized spacial score (nSPS) is 13.2. The number of nitrogens with one attached hydrogen (secondary N) is 1. The fourth-order valence-corrected chi connectivity index (χ4v) is 2.38. The zero-order valence-corrected chi connectivity index (χ0v) is 12.0. The quantitative estimate of drug-likeness (QED) is 0.693. The molecule has 0 saturated carbocycles. The van der Waals surface area contributed by atoms with Crippen LogP contribution in [-0.2, 0) is 4.79 Å². The van der Waals surface area contributed by atoms with Gasteiger partial charge in [-0.25, -0.2) is 4.98 Å². The van der Waals surface area contributed by atoms with E-state index in [4.69, 9.17) is 11.6 Å². The molecule has 1 N–H and O–H groups in total. The van der Waals surface area contributed by atoms with E-state index < -0.39 is 17.7 Å². The number of imide groups is 1. The van der Waals surface area contributed by atoms with Crippen molar-refractivity contribution in [2.75, 3.05) is 11.9 Å². The van der Waals surface area contributed by atoms with E-state index in [0.29, 0.717) is 16.8 Å². The number of hydrogen-bond acceptors (Lipinski definition) is 4. The molecule has 1 aromatic carbocycles. The number of pyridine rings is 1. The Morgan fingerprint density at radius 1 is 1.14 bits per heavy atom.